The van der Waals surface area contributed by atoms with Crippen LogP contribution in [-0.4, -0.2) is 55.0 Å². The fraction of sp³-hybridized carbons (Fsp3) is 0.941. The lowest BCUT2D eigenvalue weighted by Crippen LogP contribution is -2.49. The normalized spacial score (nSPS) is 29.1. The zero-order valence-electron chi connectivity index (χ0n) is 14.2. The zero-order chi connectivity index (χ0) is 16.4. The molecule has 3 aliphatic rings. The second kappa shape index (κ2) is 7.09. The highest BCUT2D eigenvalue weighted by atomic mass is 32.2. The quantitative estimate of drug-likeness (QED) is 0.790. The Morgan fingerprint density at radius 1 is 0.913 bits per heavy atom. The molecule has 2 heterocycles. The molecule has 1 amide bonds. The van der Waals surface area contributed by atoms with Crippen molar-refractivity contribution in [1.82, 2.24) is 9.21 Å². The number of hydrogen-bond acceptors (Lipinski definition) is 3. The molecule has 0 bridgehead atoms. The van der Waals surface area contributed by atoms with Crippen LogP contribution in [0.2, 0.25) is 0 Å². The van der Waals surface area contributed by atoms with Gasteiger partial charge >= 0.3 is 0 Å². The van der Waals surface area contributed by atoms with Gasteiger partial charge in [-0.1, -0.05) is 19.8 Å². The van der Waals surface area contributed by atoms with Crippen LogP contribution in [-0.2, 0) is 14.8 Å². The first-order valence-electron chi connectivity index (χ1n) is 9.26. The zero-order valence-corrected chi connectivity index (χ0v) is 15.1. The smallest absolute Gasteiger partial charge is 0.227 e. The molecule has 0 radical (unpaired) electrons. The first-order valence-corrected chi connectivity index (χ1v) is 10.8. The monoisotopic (exact) mass is 342 g/mol. The van der Waals surface area contributed by atoms with Crippen molar-refractivity contribution in [3.8, 4) is 0 Å². The van der Waals surface area contributed by atoms with E-state index in [0.29, 0.717) is 19.0 Å². The van der Waals surface area contributed by atoms with Gasteiger partial charge in [-0.3, -0.25) is 4.79 Å². The van der Waals surface area contributed by atoms with Gasteiger partial charge in [0.1, 0.15) is 0 Å². The van der Waals surface area contributed by atoms with E-state index in [0.717, 1.165) is 64.5 Å². The van der Waals surface area contributed by atoms with Gasteiger partial charge in [0.25, 0.3) is 0 Å². The van der Waals surface area contributed by atoms with Crippen LogP contribution >= 0.6 is 0 Å². The molecule has 0 aromatic heterocycles. The number of piperidine rings is 2. The molecule has 3 fully saturated rings. The number of nitrogens with zero attached hydrogens (tertiary/aromatic N) is 2. The largest absolute Gasteiger partial charge is 0.342 e. The topological polar surface area (TPSA) is 57.7 Å². The fourth-order valence-corrected chi connectivity index (χ4v) is 6.38. The van der Waals surface area contributed by atoms with Crippen LogP contribution in [0.3, 0.4) is 0 Å². The molecule has 132 valence electrons. The fourth-order valence-electron chi connectivity index (χ4n) is 4.26. The van der Waals surface area contributed by atoms with E-state index in [1.807, 2.05) is 4.90 Å². The standard InChI is InChI=1S/C17H30N2O3S/c1-14-8-11-18(12-9-14)17(20)15-5-4-10-19(13-15)23(21,22)16-6-2-3-7-16/h14-16H,2-13H2,1H3/t15-/m1/s1. The van der Waals surface area contributed by atoms with Crippen LogP contribution in [0.4, 0.5) is 0 Å². The SMILES string of the molecule is CC1CCN(C(=O)[C@@H]2CCCN(S(=O)(=O)C3CCCC3)C2)CC1. The van der Waals surface area contributed by atoms with Crippen LogP contribution in [0.15, 0.2) is 0 Å². The van der Waals surface area contributed by atoms with Crippen LogP contribution in [0.1, 0.15) is 58.3 Å². The van der Waals surface area contributed by atoms with Crippen molar-refractivity contribution in [2.45, 2.75) is 63.5 Å². The van der Waals surface area contributed by atoms with Crippen LogP contribution in [0.25, 0.3) is 0 Å². The molecular formula is C17H30N2O3S. The van der Waals surface area contributed by atoms with Crippen LogP contribution in [0.5, 0.6) is 0 Å². The predicted octanol–water partition coefficient (Wildman–Crippen LogP) is 2.23. The average molecular weight is 343 g/mol. The van der Waals surface area contributed by atoms with Gasteiger partial charge in [0.05, 0.1) is 11.2 Å². The van der Waals surface area contributed by atoms with Crippen molar-refractivity contribution in [1.29, 1.82) is 0 Å². The van der Waals surface area contributed by atoms with Gasteiger partial charge in [-0.05, 0) is 44.4 Å². The molecule has 5 nitrogen and oxygen atoms in total. The highest BCUT2D eigenvalue weighted by Crippen LogP contribution is 2.30. The minimum atomic E-state index is -3.21. The molecule has 0 aromatic rings. The Balaban J connectivity index is 1.62. The van der Waals surface area contributed by atoms with E-state index in [1.165, 1.54) is 0 Å². The highest BCUT2D eigenvalue weighted by Gasteiger charge is 2.39. The summed E-state index contributed by atoms with van der Waals surface area (Å²) >= 11 is 0. The molecule has 1 saturated carbocycles. The molecule has 0 N–H and O–H groups in total. The van der Waals surface area contributed by atoms with Gasteiger partial charge in [-0.15, -0.1) is 0 Å². The van der Waals surface area contributed by atoms with Gasteiger partial charge in [-0.25, -0.2) is 12.7 Å². The Labute approximate surface area is 140 Å². The lowest BCUT2D eigenvalue weighted by Gasteiger charge is -2.37. The molecule has 2 saturated heterocycles. The third-order valence-electron chi connectivity index (χ3n) is 5.91. The number of carbonyl (C=O) groups excluding carboxylic acids is 1. The molecule has 1 atom stereocenters. The summed E-state index contributed by atoms with van der Waals surface area (Å²) in [7, 11) is -3.21. The van der Waals surface area contributed by atoms with Crippen molar-refractivity contribution < 1.29 is 13.2 Å². The first kappa shape index (κ1) is 17.2. The molecule has 2 aliphatic heterocycles. The minimum absolute atomic E-state index is 0.131. The number of amides is 1. The summed E-state index contributed by atoms with van der Waals surface area (Å²) in [4.78, 5) is 14.7. The van der Waals surface area contributed by atoms with E-state index in [2.05, 4.69) is 6.92 Å². The number of rotatable bonds is 3. The molecule has 0 aromatic carbocycles. The Morgan fingerprint density at radius 3 is 2.22 bits per heavy atom. The third kappa shape index (κ3) is 3.73. The van der Waals surface area contributed by atoms with E-state index >= 15 is 0 Å². The van der Waals surface area contributed by atoms with Crippen LogP contribution in [0, 0.1) is 11.8 Å². The summed E-state index contributed by atoms with van der Waals surface area (Å²) in [6.45, 7) is 4.92. The third-order valence-corrected chi connectivity index (χ3v) is 8.28. The first-order chi connectivity index (χ1) is 11.0. The number of likely N-dealkylation sites (tertiary alicyclic amines) is 1. The Hall–Kier alpha value is -0.620. The molecule has 23 heavy (non-hydrogen) atoms. The van der Waals surface area contributed by atoms with Crippen molar-refractivity contribution >= 4 is 15.9 Å². The average Bonchev–Trinajstić information content (AvgIpc) is 3.10. The second-order valence-electron chi connectivity index (χ2n) is 7.66. The highest BCUT2D eigenvalue weighted by molar-refractivity contribution is 7.89. The van der Waals surface area contributed by atoms with Crippen molar-refractivity contribution in [3.05, 3.63) is 0 Å². The molecule has 6 heteroatoms. The number of hydrogen-bond donors (Lipinski definition) is 0. The van der Waals surface area contributed by atoms with E-state index < -0.39 is 10.0 Å². The van der Waals surface area contributed by atoms with Gasteiger partial charge in [0.2, 0.25) is 15.9 Å². The summed E-state index contributed by atoms with van der Waals surface area (Å²) in [5, 5.41) is -0.202. The Bertz CT molecular complexity index is 520. The Morgan fingerprint density at radius 2 is 1.57 bits per heavy atom. The van der Waals surface area contributed by atoms with Crippen LogP contribution < -0.4 is 0 Å². The summed E-state index contributed by atoms with van der Waals surface area (Å²) in [6, 6.07) is 0. The van der Waals surface area contributed by atoms with Crippen molar-refractivity contribution in [2.75, 3.05) is 26.2 Å². The summed E-state index contributed by atoms with van der Waals surface area (Å²) in [5.74, 6) is 0.751. The molecule has 0 spiro atoms. The second-order valence-corrected chi connectivity index (χ2v) is 9.87. The summed E-state index contributed by atoms with van der Waals surface area (Å²) in [6.07, 6.45) is 7.42. The van der Waals surface area contributed by atoms with E-state index in [-0.39, 0.29) is 17.1 Å². The van der Waals surface area contributed by atoms with Gasteiger partial charge < -0.3 is 4.90 Å². The molecule has 0 unspecified atom stereocenters. The molecular weight excluding hydrogens is 312 g/mol. The lowest BCUT2D eigenvalue weighted by atomic mass is 9.94. The lowest BCUT2D eigenvalue weighted by molar-refractivity contribution is -0.138. The number of carbonyl (C=O) groups is 1. The van der Waals surface area contributed by atoms with Gasteiger partial charge in [0, 0.05) is 26.2 Å². The maximum atomic E-state index is 12.8. The van der Waals surface area contributed by atoms with E-state index in [4.69, 9.17) is 0 Å². The Kier molecular flexibility index (Phi) is 5.31. The van der Waals surface area contributed by atoms with E-state index in [1.54, 1.807) is 4.31 Å². The van der Waals surface area contributed by atoms with Crippen molar-refractivity contribution in [2.24, 2.45) is 11.8 Å². The predicted molar refractivity (Wildman–Crippen MR) is 90.5 cm³/mol. The van der Waals surface area contributed by atoms with Crippen molar-refractivity contribution in [3.63, 3.8) is 0 Å². The summed E-state index contributed by atoms with van der Waals surface area (Å²) in [5.41, 5.74) is 0. The van der Waals surface area contributed by atoms with Gasteiger partial charge in [-0.2, -0.15) is 0 Å². The van der Waals surface area contributed by atoms with E-state index in [9.17, 15) is 13.2 Å². The van der Waals surface area contributed by atoms with Gasteiger partial charge in [0.15, 0.2) is 0 Å². The maximum absolute atomic E-state index is 12.8. The summed E-state index contributed by atoms with van der Waals surface area (Å²) < 4.78 is 27.2. The number of sulfonamides is 1. The minimum Gasteiger partial charge on any atom is -0.342 e. The molecule has 3 rings (SSSR count). The molecule has 1 aliphatic carbocycles. The maximum Gasteiger partial charge on any atom is 0.227 e.